The molecule has 1 fully saturated rings. The van der Waals surface area contributed by atoms with Gasteiger partial charge in [-0.05, 0) is 44.2 Å². The van der Waals surface area contributed by atoms with E-state index >= 15 is 0 Å². The minimum atomic E-state index is 0.957. The van der Waals surface area contributed by atoms with E-state index in [1.165, 1.54) is 32.4 Å². The number of hydrogen-bond acceptors (Lipinski definition) is 1. The maximum atomic E-state index is 3.45. The molecule has 1 N–H and O–H groups in total. The largest absolute Gasteiger partial charge is 0.316 e. The van der Waals surface area contributed by atoms with Gasteiger partial charge in [-0.2, -0.15) is 0 Å². The minimum Gasteiger partial charge on any atom is -0.316 e. The second-order valence-corrected chi connectivity index (χ2v) is 3.46. The molecular weight excluding hydrogens is 122 g/mol. The summed E-state index contributed by atoms with van der Waals surface area (Å²) in [6, 6.07) is 0. The summed E-state index contributed by atoms with van der Waals surface area (Å²) in [5.74, 6) is 1.96. The van der Waals surface area contributed by atoms with Crippen molar-refractivity contribution in [2.75, 3.05) is 13.1 Å². The summed E-state index contributed by atoms with van der Waals surface area (Å²) in [6.45, 7) is 2.50. The smallest absolute Gasteiger partial charge is 0.00148 e. The van der Waals surface area contributed by atoms with E-state index in [2.05, 4.69) is 17.5 Å². The second-order valence-electron chi connectivity index (χ2n) is 3.46. The van der Waals surface area contributed by atoms with Gasteiger partial charge in [0, 0.05) is 0 Å². The van der Waals surface area contributed by atoms with Gasteiger partial charge in [-0.3, -0.25) is 0 Å². The quantitative estimate of drug-likeness (QED) is 0.500. The van der Waals surface area contributed by atoms with Gasteiger partial charge in [0.25, 0.3) is 0 Å². The highest BCUT2D eigenvalue weighted by molar-refractivity contribution is 4.96. The molecule has 1 saturated heterocycles. The van der Waals surface area contributed by atoms with Gasteiger partial charge in [-0.25, -0.2) is 0 Å². The molecule has 2 atom stereocenters. The fourth-order valence-electron chi connectivity index (χ4n) is 2.11. The van der Waals surface area contributed by atoms with E-state index in [1.54, 1.807) is 0 Å². The number of piperidine rings is 1. The molecule has 1 heteroatoms. The van der Waals surface area contributed by atoms with Crippen LogP contribution in [0.15, 0.2) is 12.2 Å². The van der Waals surface area contributed by atoms with E-state index in [0.717, 1.165) is 11.8 Å². The van der Waals surface area contributed by atoms with Crippen molar-refractivity contribution in [1.82, 2.24) is 5.32 Å². The van der Waals surface area contributed by atoms with Gasteiger partial charge in [0.15, 0.2) is 0 Å². The first kappa shape index (κ1) is 6.41. The lowest BCUT2D eigenvalue weighted by atomic mass is 9.79. The Labute approximate surface area is 62.5 Å². The van der Waals surface area contributed by atoms with Crippen molar-refractivity contribution in [2.45, 2.75) is 19.3 Å². The van der Waals surface area contributed by atoms with Crippen LogP contribution in [-0.4, -0.2) is 13.1 Å². The Balaban J connectivity index is 2.01. The zero-order valence-corrected chi connectivity index (χ0v) is 6.34. The number of hydrogen-bond donors (Lipinski definition) is 1. The maximum Gasteiger partial charge on any atom is -0.00148 e. The fraction of sp³-hybridized carbons (Fsp3) is 0.778. The lowest BCUT2D eigenvalue weighted by molar-refractivity contribution is 0.248. The van der Waals surface area contributed by atoms with Crippen molar-refractivity contribution >= 4 is 0 Å². The third-order valence-electron chi connectivity index (χ3n) is 2.81. The van der Waals surface area contributed by atoms with E-state index in [4.69, 9.17) is 0 Å². The zero-order chi connectivity index (χ0) is 6.81. The molecule has 0 amide bonds. The molecule has 1 aliphatic carbocycles. The Morgan fingerprint density at radius 1 is 1.10 bits per heavy atom. The van der Waals surface area contributed by atoms with Gasteiger partial charge in [0.1, 0.15) is 0 Å². The van der Waals surface area contributed by atoms with Gasteiger partial charge >= 0.3 is 0 Å². The number of fused-ring (bicyclic) bond motifs is 1. The van der Waals surface area contributed by atoms with Crippen molar-refractivity contribution in [3.63, 3.8) is 0 Å². The predicted octanol–water partition coefficient (Wildman–Crippen LogP) is 1.56. The minimum absolute atomic E-state index is 0.957. The first-order valence-corrected chi connectivity index (χ1v) is 4.32. The summed E-state index contributed by atoms with van der Waals surface area (Å²) in [7, 11) is 0. The molecular formula is C9H15N. The van der Waals surface area contributed by atoms with E-state index in [0.29, 0.717) is 0 Å². The van der Waals surface area contributed by atoms with Crippen molar-refractivity contribution in [1.29, 1.82) is 0 Å². The summed E-state index contributed by atoms with van der Waals surface area (Å²) in [5, 5.41) is 3.45. The number of nitrogens with one attached hydrogen (secondary N) is 1. The molecule has 0 aromatic heterocycles. The SMILES string of the molecule is C1=CC[C@H]2CCNC[C@H]2C1. The van der Waals surface area contributed by atoms with Gasteiger partial charge in [0.2, 0.25) is 0 Å². The van der Waals surface area contributed by atoms with E-state index in [1.807, 2.05) is 0 Å². The molecule has 2 rings (SSSR count). The molecule has 0 saturated carbocycles. The Morgan fingerprint density at radius 2 is 1.90 bits per heavy atom. The topological polar surface area (TPSA) is 12.0 Å². The summed E-state index contributed by atoms with van der Waals surface area (Å²) in [4.78, 5) is 0. The van der Waals surface area contributed by atoms with Crippen LogP contribution in [0.3, 0.4) is 0 Å². The van der Waals surface area contributed by atoms with E-state index in [9.17, 15) is 0 Å². The van der Waals surface area contributed by atoms with E-state index in [-0.39, 0.29) is 0 Å². The summed E-state index contributed by atoms with van der Waals surface area (Å²) < 4.78 is 0. The highest BCUT2D eigenvalue weighted by Gasteiger charge is 2.24. The van der Waals surface area contributed by atoms with Crippen LogP contribution in [0.5, 0.6) is 0 Å². The Morgan fingerprint density at radius 3 is 2.70 bits per heavy atom. The van der Waals surface area contributed by atoms with Crippen LogP contribution in [0.4, 0.5) is 0 Å². The number of rotatable bonds is 0. The Bertz CT molecular complexity index is 124. The third-order valence-corrected chi connectivity index (χ3v) is 2.81. The summed E-state index contributed by atoms with van der Waals surface area (Å²) in [5.41, 5.74) is 0. The molecule has 0 bridgehead atoms. The van der Waals surface area contributed by atoms with Crippen LogP contribution >= 0.6 is 0 Å². The van der Waals surface area contributed by atoms with Gasteiger partial charge in [-0.15, -0.1) is 0 Å². The molecule has 1 aliphatic heterocycles. The second kappa shape index (κ2) is 2.75. The summed E-state index contributed by atoms with van der Waals surface area (Å²) in [6.07, 6.45) is 8.75. The standard InChI is InChI=1S/C9H15N/c1-2-4-9-7-10-6-5-8(9)3-1/h1-2,8-10H,3-7H2/t8-,9+/m0/s1. The molecule has 0 unspecified atom stereocenters. The lowest BCUT2D eigenvalue weighted by Gasteiger charge is -2.33. The highest BCUT2D eigenvalue weighted by atomic mass is 14.9. The first-order chi connectivity index (χ1) is 4.97. The highest BCUT2D eigenvalue weighted by Crippen LogP contribution is 2.29. The van der Waals surface area contributed by atoms with Gasteiger partial charge in [-0.1, -0.05) is 12.2 Å². The van der Waals surface area contributed by atoms with Crippen LogP contribution < -0.4 is 5.32 Å². The molecule has 0 aromatic carbocycles. The van der Waals surface area contributed by atoms with Crippen LogP contribution in [-0.2, 0) is 0 Å². The average molecular weight is 137 g/mol. The van der Waals surface area contributed by atoms with Gasteiger partial charge < -0.3 is 5.32 Å². The molecule has 1 heterocycles. The maximum absolute atomic E-state index is 3.45. The number of allylic oxidation sites excluding steroid dienone is 2. The van der Waals surface area contributed by atoms with Crippen LogP contribution in [0, 0.1) is 11.8 Å². The van der Waals surface area contributed by atoms with E-state index < -0.39 is 0 Å². The fourth-order valence-corrected chi connectivity index (χ4v) is 2.11. The van der Waals surface area contributed by atoms with Crippen LogP contribution in [0.2, 0.25) is 0 Å². The van der Waals surface area contributed by atoms with Crippen molar-refractivity contribution in [2.24, 2.45) is 11.8 Å². The molecule has 56 valence electrons. The monoisotopic (exact) mass is 137 g/mol. The van der Waals surface area contributed by atoms with Crippen molar-refractivity contribution < 1.29 is 0 Å². The molecule has 0 spiro atoms. The first-order valence-electron chi connectivity index (χ1n) is 4.32. The van der Waals surface area contributed by atoms with Crippen molar-refractivity contribution in [3.05, 3.63) is 12.2 Å². The molecule has 2 aliphatic rings. The normalized spacial score (nSPS) is 39.2. The average Bonchev–Trinajstić information content (AvgIpc) is 2.05. The van der Waals surface area contributed by atoms with Crippen molar-refractivity contribution in [3.8, 4) is 0 Å². The Kier molecular flexibility index (Phi) is 1.76. The van der Waals surface area contributed by atoms with Crippen LogP contribution in [0.1, 0.15) is 19.3 Å². The molecule has 1 nitrogen and oxygen atoms in total. The summed E-state index contributed by atoms with van der Waals surface area (Å²) >= 11 is 0. The predicted molar refractivity (Wildman–Crippen MR) is 42.8 cm³/mol. The van der Waals surface area contributed by atoms with Gasteiger partial charge in [0.05, 0.1) is 0 Å². The lowest BCUT2D eigenvalue weighted by Crippen LogP contribution is -2.37. The third kappa shape index (κ3) is 1.10. The molecule has 0 radical (unpaired) electrons. The Hall–Kier alpha value is -0.300. The van der Waals surface area contributed by atoms with Crippen LogP contribution in [0.25, 0.3) is 0 Å². The molecule has 10 heavy (non-hydrogen) atoms. The molecule has 0 aromatic rings. The zero-order valence-electron chi connectivity index (χ0n) is 6.34.